The molecular formula is C11H12BrN5O. The molecule has 0 fully saturated rings. The quantitative estimate of drug-likeness (QED) is 0.896. The number of methoxy groups -OCH3 is 1. The van der Waals surface area contributed by atoms with Gasteiger partial charge in [-0.25, -0.2) is 0 Å². The average molecular weight is 310 g/mol. The summed E-state index contributed by atoms with van der Waals surface area (Å²) in [7, 11) is 1.48. The molecule has 0 saturated carbocycles. The number of hydrogen-bond donors (Lipinski definition) is 2. The molecular weight excluding hydrogens is 298 g/mol. The van der Waals surface area contributed by atoms with Gasteiger partial charge in [0.25, 0.3) is 0 Å². The molecule has 1 aromatic carbocycles. The van der Waals surface area contributed by atoms with E-state index in [2.05, 4.69) is 36.2 Å². The number of aromatic nitrogens is 3. The fraction of sp³-hybridized carbons (Fsp3) is 0.182. The highest BCUT2D eigenvalue weighted by Gasteiger charge is 2.04. The van der Waals surface area contributed by atoms with Crippen molar-refractivity contribution in [2.24, 2.45) is 0 Å². The molecule has 0 amide bonds. The lowest BCUT2D eigenvalue weighted by atomic mass is 10.2. The van der Waals surface area contributed by atoms with Crippen LogP contribution in [0.1, 0.15) is 5.56 Å². The summed E-state index contributed by atoms with van der Waals surface area (Å²) in [6.07, 6.45) is 0. The van der Waals surface area contributed by atoms with Gasteiger partial charge in [-0.1, -0.05) is 28.1 Å². The maximum absolute atomic E-state index is 5.54. The highest BCUT2D eigenvalue weighted by Crippen LogP contribution is 2.13. The summed E-state index contributed by atoms with van der Waals surface area (Å²) in [6.45, 7) is 0.589. The summed E-state index contributed by atoms with van der Waals surface area (Å²) >= 11 is 3.41. The van der Waals surface area contributed by atoms with Crippen molar-refractivity contribution in [1.82, 2.24) is 15.0 Å². The SMILES string of the molecule is COc1nc(N)nc(NCc2cccc(Br)c2)n1. The predicted octanol–water partition coefficient (Wildman–Crippen LogP) is 1.84. The molecule has 0 bridgehead atoms. The van der Waals surface area contributed by atoms with Gasteiger partial charge in [0.1, 0.15) is 0 Å². The number of nitrogens with zero attached hydrogens (tertiary/aromatic N) is 3. The summed E-state index contributed by atoms with van der Waals surface area (Å²) in [5, 5.41) is 3.06. The first-order valence-corrected chi connectivity index (χ1v) is 6.00. The molecule has 6 nitrogen and oxygen atoms in total. The summed E-state index contributed by atoms with van der Waals surface area (Å²) in [6, 6.07) is 8.13. The molecule has 0 atom stereocenters. The van der Waals surface area contributed by atoms with Gasteiger partial charge < -0.3 is 15.8 Å². The van der Waals surface area contributed by atoms with Crippen LogP contribution in [0.3, 0.4) is 0 Å². The second-order valence-corrected chi connectivity index (χ2v) is 4.40. The van der Waals surface area contributed by atoms with Crippen molar-refractivity contribution in [3.8, 4) is 6.01 Å². The normalized spacial score (nSPS) is 10.1. The molecule has 0 aliphatic rings. The highest BCUT2D eigenvalue weighted by atomic mass is 79.9. The largest absolute Gasteiger partial charge is 0.467 e. The van der Waals surface area contributed by atoms with Crippen LogP contribution in [0.5, 0.6) is 6.01 Å². The molecule has 3 N–H and O–H groups in total. The Morgan fingerprint density at radius 2 is 2.17 bits per heavy atom. The van der Waals surface area contributed by atoms with Crippen molar-refractivity contribution < 1.29 is 4.74 Å². The van der Waals surface area contributed by atoms with E-state index in [1.165, 1.54) is 7.11 Å². The molecule has 0 spiro atoms. The van der Waals surface area contributed by atoms with Gasteiger partial charge in [0.2, 0.25) is 11.9 Å². The van der Waals surface area contributed by atoms with Crippen LogP contribution in [0, 0.1) is 0 Å². The lowest BCUT2D eigenvalue weighted by Gasteiger charge is -2.06. The zero-order valence-electron chi connectivity index (χ0n) is 9.72. The van der Waals surface area contributed by atoms with Crippen LogP contribution in [0.15, 0.2) is 28.7 Å². The van der Waals surface area contributed by atoms with Gasteiger partial charge in [0.15, 0.2) is 0 Å². The second kappa shape index (κ2) is 5.63. The van der Waals surface area contributed by atoms with Gasteiger partial charge in [-0.2, -0.15) is 15.0 Å². The van der Waals surface area contributed by atoms with Gasteiger partial charge in [-0.15, -0.1) is 0 Å². The van der Waals surface area contributed by atoms with Crippen LogP contribution in [0.25, 0.3) is 0 Å². The number of hydrogen-bond acceptors (Lipinski definition) is 6. The minimum absolute atomic E-state index is 0.124. The molecule has 18 heavy (non-hydrogen) atoms. The molecule has 0 aliphatic carbocycles. The molecule has 94 valence electrons. The smallest absolute Gasteiger partial charge is 0.322 e. The maximum Gasteiger partial charge on any atom is 0.322 e. The minimum Gasteiger partial charge on any atom is -0.467 e. The molecule has 7 heteroatoms. The highest BCUT2D eigenvalue weighted by molar-refractivity contribution is 9.10. The number of halogens is 1. The van der Waals surface area contributed by atoms with Crippen LogP contribution in [0.4, 0.5) is 11.9 Å². The van der Waals surface area contributed by atoms with Crippen LogP contribution in [-0.2, 0) is 6.54 Å². The van der Waals surface area contributed by atoms with Crippen molar-refractivity contribution in [2.75, 3.05) is 18.2 Å². The fourth-order valence-electron chi connectivity index (χ4n) is 1.37. The molecule has 0 saturated heterocycles. The fourth-order valence-corrected chi connectivity index (χ4v) is 1.82. The van der Waals surface area contributed by atoms with E-state index in [9.17, 15) is 0 Å². The third-order valence-corrected chi connectivity index (χ3v) is 2.65. The topological polar surface area (TPSA) is 86.0 Å². The molecule has 2 aromatic rings. The first-order valence-electron chi connectivity index (χ1n) is 5.21. The minimum atomic E-state index is 0.124. The van der Waals surface area contributed by atoms with E-state index in [4.69, 9.17) is 10.5 Å². The predicted molar refractivity (Wildman–Crippen MR) is 72.3 cm³/mol. The third-order valence-electron chi connectivity index (χ3n) is 2.15. The number of rotatable bonds is 4. The van der Waals surface area contributed by atoms with E-state index in [1.807, 2.05) is 24.3 Å². The Morgan fingerprint density at radius 3 is 2.89 bits per heavy atom. The molecule has 1 aromatic heterocycles. The zero-order valence-corrected chi connectivity index (χ0v) is 11.3. The molecule has 0 radical (unpaired) electrons. The van der Waals surface area contributed by atoms with Gasteiger partial charge in [-0.3, -0.25) is 0 Å². The van der Waals surface area contributed by atoms with Crippen molar-refractivity contribution in [2.45, 2.75) is 6.54 Å². The van der Waals surface area contributed by atoms with E-state index in [0.29, 0.717) is 12.5 Å². The van der Waals surface area contributed by atoms with Gasteiger partial charge >= 0.3 is 6.01 Å². The standard InChI is InChI=1S/C11H12BrN5O/c1-18-11-16-9(13)15-10(17-11)14-6-7-3-2-4-8(12)5-7/h2-5H,6H2,1H3,(H3,13,14,15,16,17). The molecule has 0 unspecified atom stereocenters. The van der Waals surface area contributed by atoms with Crippen molar-refractivity contribution in [1.29, 1.82) is 0 Å². The van der Waals surface area contributed by atoms with Crippen LogP contribution >= 0.6 is 15.9 Å². The average Bonchev–Trinajstić information content (AvgIpc) is 2.36. The third kappa shape index (κ3) is 3.30. The van der Waals surface area contributed by atoms with E-state index in [1.54, 1.807) is 0 Å². The summed E-state index contributed by atoms with van der Waals surface area (Å²) < 4.78 is 5.94. The van der Waals surface area contributed by atoms with Crippen molar-refractivity contribution in [3.05, 3.63) is 34.3 Å². The Labute approximate surface area is 113 Å². The Bertz CT molecular complexity index is 549. The number of benzene rings is 1. The first kappa shape index (κ1) is 12.6. The second-order valence-electron chi connectivity index (χ2n) is 3.49. The number of anilines is 2. The van der Waals surface area contributed by atoms with Crippen LogP contribution < -0.4 is 15.8 Å². The lowest BCUT2D eigenvalue weighted by molar-refractivity contribution is 0.379. The van der Waals surface area contributed by atoms with Crippen LogP contribution in [0.2, 0.25) is 0 Å². The maximum atomic E-state index is 5.54. The summed E-state index contributed by atoms with van der Waals surface area (Å²) in [5.41, 5.74) is 6.64. The Morgan fingerprint density at radius 1 is 1.33 bits per heavy atom. The molecule has 0 aliphatic heterocycles. The van der Waals surface area contributed by atoms with E-state index >= 15 is 0 Å². The van der Waals surface area contributed by atoms with Crippen molar-refractivity contribution >= 4 is 27.8 Å². The summed E-state index contributed by atoms with van der Waals surface area (Å²) in [5.74, 6) is 0.512. The van der Waals surface area contributed by atoms with Gasteiger partial charge in [0.05, 0.1) is 7.11 Å². The Hall–Kier alpha value is -1.89. The van der Waals surface area contributed by atoms with E-state index in [-0.39, 0.29) is 12.0 Å². The lowest BCUT2D eigenvalue weighted by Crippen LogP contribution is -2.08. The van der Waals surface area contributed by atoms with Gasteiger partial charge in [-0.05, 0) is 17.7 Å². The molecule has 1 heterocycles. The number of nitrogens with two attached hydrogens (primary N) is 1. The van der Waals surface area contributed by atoms with E-state index in [0.717, 1.165) is 10.0 Å². The van der Waals surface area contributed by atoms with Gasteiger partial charge in [0, 0.05) is 11.0 Å². The first-order chi connectivity index (χ1) is 8.67. The zero-order chi connectivity index (χ0) is 13.0. The number of ether oxygens (including phenoxy) is 1. The van der Waals surface area contributed by atoms with Crippen molar-refractivity contribution in [3.63, 3.8) is 0 Å². The summed E-state index contributed by atoms with van der Waals surface area (Å²) in [4.78, 5) is 11.8. The number of nitrogen functional groups attached to an aromatic ring is 1. The monoisotopic (exact) mass is 309 g/mol. The Kier molecular flexibility index (Phi) is 3.93. The number of nitrogens with one attached hydrogen (secondary N) is 1. The van der Waals surface area contributed by atoms with E-state index < -0.39 is 0 Å². The molecule has 2 rings (SSSR count). The Balaban J connectivity index is 2.08. The van der Waals surface area contributed by atoms with Crippen LogP contribution in [-0.4, -0.2) is 22.1 Å².